The van der Waals surface area contributed by atoms with Crippen molar-refractivity contribution >= 4 is 39.6 Å². The van der Waals surface area contributed by atoms with Crippen LogP contribution < -0.4 is 0 Å². The average molecular weight is 264 g/mol. The number of nitrogens with zero attached hydrogens (tertiary/aromatic N) is 2. The van der Waals surface area contributed by atoms with Gasteiger partial charge in [0.1, 0.15) is 22.5 Å². The van der Waals surface area contributed by atoms with Gasteiger partial charge >= 0.3 is 0 Å². The molecule has 0 saturated carbocycles. The molecule has 0 amide bonds. The lowest BCUT2D eigenvalue weighted by Crippen LogP contribution is -1.99. The fourth-order valence-corrected chi connectivity index (χ4v) is 4.29. The number of aromatic nitrogens is 2. The first-order valence-corrected chi connectivity index (χ1v) is 7.52. The van der Waals surface area contributed by atoms with Crippen molar-refractivity contribution < 1.29 is 4.79 Å². The summed E-state index contributed by atoms with van der Waals surface area (Å²) in [5.41, 5.74) is 1.44. The maximum atomic E-state index is 10.5. The van der Waals surface area contributed by atoms with Crippen LogP contribution in [0.2, 0.25) is 0 Å². The summed E-state index contributed by atoms with van der Waals surface area (Å²) in [6, 6.07) is 0. The fraction of sp³-hybridized carbons (Fsp3) is 0.417. The van der Waals surface area contributed by atoms with E-state index in [4.69, 9.17) is 0 Å². The van der Waals surface area contributed by atoms with Crippen LogP contribution in [0.3, 0.4) is 0 Å². The monoisotopic (exact) mass is 264 g/mol. The van der Waals surface area contributed by atoms with Crippen LogP contribution >= 0.6 is 23.1 Å². The van der Waals surface area contributed by atoms with Gasteiger partial charge in [0.05, 0.1) is 5.75 Å². The Bertz CT molecular complexity index is 565. The number of aryl methyl sites for hydroxylation is 2. The average Bonchev–Trinajstić information content (AvgIpc) is 2.75. The van der Waals surface area contributed by atoms with E-state index in [1.807, 2.05) is 0 Å². The largest absolute Gasteiger partial charge is 0.302 e. The van der Waals surface area contributed by atoms with E-state index in [1.54, 1.807) is 17.7 Å². The summed E-state index contributed by atoms with van der Waals surface area (Å²) >= 11 is 3.31. The summed E-state index contributed by atoms with van der Waals surface area (Å²) in [6.45, 7) is 0. The van der Waals surface area contributed by atoms with Gasteiger partial charge in [-0.1, -0.05) is 11.8 Å². The van der Waals surface area contributed by atoms with Crippen molar-refractivity contribution in [2.45, 2.75) is 30.7 Å². The highest BCUT2D eigenvalue weighted by Gasteiger charge is 2.19. The smallest absolute Gasteiger partial charge is 0.130 e. The molecule has 1 aliphatic carbocycles. The van der Waals surface area contributed by atoms with E-state index in [0.717, 1.165) is 22.6 Å². The van der Waals surface area contributed by atoms with Crippen molar-refractivity contribution in [2.24, 2.45) is 0 Å². The van der Waals surface area contributed by atoms with Crippen molar-refractivity contribution in [2.75, 3.05) is 5.75 Å². The minimum atomic E-state index is 0.469. The van der Waals surface area contributed by atoms with Gasteiger partial charge in [-0.05, 0) is 31.2 Å². The Morgan fingerprint density at radius 2 is 2.24 bits per heavy atom. The first-order valence-electron chi connectivity index (χ1n) is 5.72. The van der Waals surface area contributed by atoms with Crippen LogP contribution in [0, 0.1) is 0 Å². The zero-order valence-electron chi connectivity index (χ0n) is 9.31. The van der Waals surface area contributed by atoms with E-state index in [9.17, 15) is 4.79 Å². The third kappa shape index (κ3) is 1.98. The number of hydrogen-bond donors (Lipinski definition) is 0. The highest BCUT2D eigenvalue weighted by Crippen LogP contribution is 2.38. The number of thioether (sulfide) groups is 1. The summed E-state index contributed by atoms with van der Waals surface area (Å²) in [5.74, 6) is 0.469. The number of thiophene rings is 1. The Morgan fingerprint density at radius 3 is 3.12 bits per heavy atom. The van der Waals surface area contributed by atoms with E-state index in [2.05, 4.69) is 9.97 Å². The van der Waals surface area contributed by atoms with Gasteiger partial charge in [-0.15, -0.1) is 11.3 Å². The molecule has 0 aliphatic heterocycles. The minimum absolute atomic E-state index is 0.469. The van der Waals surface area contributed by atoms with Crippen LogP contribution in [0.15, 0.2) is 11.4 Å². The lowest BCUT2D eigenvalue weighted by atomic mass is 9.97. The molecular weight excluding hydrogens is 252 g/mol. The van der Waals surface area contributed by atoms with Crippen LogP contribution in [-0.4, -0.2) is 22.0 Å². The first kappa shape index (κ1) is 11.2. The Balaban J connectivity index is 2.15. The third-order valence-electron chi connectivity index (χ3n) is 3.00. The second kappa shape index (κ2) is 4.74. The molecule has 0 unspecified atom stereocenters. The quantitative estimate of drug-likeness (QED) is 0.486. The third-order valence-corrected chi connectivity index (χ3v) is 5.09. The normalized spacial score (nSPS) is 14.8. The van der Waals surface area contributed by atoms with Crippen LogP contribution in [0.25, 0.3) is 10.2 Å². The molecule has 0 atom stereocenters. The molecule has 5 heteroatoms. The van der Waals surface area contributed by atoms with Gasteiger partial charge in [0.25, 0.3) is 0 Å². The SMILES string of the molecule is O=CCSc1ncnc2sc3c(c12)CCCC3. The lowest BCUT2D eigenvalue weighted by molar-refractivity contribution is -0.105. The minimum Gasteiger partial charge on any atom is -0.302 e. The van der Waals surface area contributed by atoms with E-state index >= 15 is 0 Å². The van der Waals surface area contributed by atoms with Crippen LogP contribution in [0.5, 0.6) is 0 Å². The number of carbonyl (C=O) groups is 1. The highest BCUT2D eigenvalue weighted by molar-refractivity contribution is 8.00. The van der Waals surface area contributed by atoms with E-state index in [1.165, 1.54) is 46.9 Å². The zero-order chi connectivity index (χ0) is 11.7. The number of fused-ring (bicyclic) bond motifs is 3. The van der Waals surface area contributed by atoms with E-state index in [0.29, 0.717) is 5.75 Å². The zero-order valence-corrected chi connectivity index (χ0v) is 10.9. The fourth-order valence-electron chi connectivity index (χ4n) is 2.28. The molecular formula is C12H12N2OS2. The van der Waals surface area contributed by atoms with Crippen molar-refractivity contribution in [1.29, 1.82) is 0 Å². The molecule has 0 fully saturated rings. The molecule has 0 radical (unpaired) electrons. The Morgan fingerprint density at radius 1 is 1.35 bits per heavy atom. The van der Waals surface area contributed by atoms with E-state index in [-0.39, 0.29) is 0 Å². The second-order valence-electron chi connectivity index (χ2n) is 4.05. The van der Waals surface area contributed by atoms with Gasteiger partial charge in [0.15, 0.2) is 0 Å². The lowest BCUT2D eigenvalue weighted by Gasteiger charge is -2.10. The molecule has 0 aromatic carbocycles. The van der Waals surface area contributed by atoms with Crippen molar-refractivity contribution in [3.8, 4) is 0 Å². The Hall–Kier alpha value is -0.940. The molecule has 2 aromatic heterocycles. The summed E-state index contributed by atoms with van der Waals surface area (Å²) in [4.78, 5) is 21.7. The second-order valence-corrected chi connectivity index (χ2v) is 6.14. The van der Waals surface area contributed by atoms with Gasteiger partial charge in [0, 0.05) is 10.3 Å². The maximum absolute atomic E-state index is 10.5. The molecule has 2 heterocycles. The number of aldehydes is 1. The van der Waals surface area contributed by atoms with Crippen LogP contribution in [0.4, 0.5) is 0 Å². The summed E-state index contributed by atoms with van der Waals surface area (Å²) in [6.07, 6.45) is 7.38. The molecule has 2 aromatic rings. The Labute approximate surface area is 108 Å². The standard InChI is InChI=1S/C12H12N2OS2/c15-5-6-16-11-10-8-3-1-2-4-9(8)17-12(10)14-7-13-11/h5,7H,1-4,6H2. The molecule has 0 bridgehead atoms. The predicted molar refractivity (Wildman–Crippen MR) is 70.8 cm³/mol. The molecule has 0 N–H and O–H groups in total. The number of hydrogen-bond acceptors (Lipinski definition) is 5. The van der Waals surface area contributed by atoms with Gasteiger partial charge in [-0.25, -0.2) is 9.97 Å². The Kier molecular flexibility index (Phi) is 3.11. The van der Waals surface area contributed by atoms with Gasteiger partial charge < -0.3 is 4.79 Å². The predicted octanol–water partition coefficient (Wildman–Crippen LogP) is 2.86. The maximum Gasteiger partial charge on any atom is 0.130 e. The topological polar surface area (TPSA) is 42.9 Å². The van der Waals surface area contributed by atoms with E-state index < -0.39 is 0 Å². The number of rotatable bonds is 3. The first-order chi connectivity index (χ1) is 8.40. The van der Waals surface area contributed by atoms with Gasteiger partial charge in [-0.2, -0.15) is 0 Å². The molecule has 1 aliphatic rings. The molecule has 3 rings (SSSR count). The molecule has 88 valence electrons. The van der Waals surface area contributed by atoms with Crippen molar-refractivity contribution in [3.05, 3.63) is 16.8 Å². The summed E-state index contributed by atoms with van der Waals surface area (Å²) in [5, 5.41) is 2.18. The molecule has 0 spiro atoms. The molecule has 0 saturated heterocycles. The van der Waals surface area contributed by atoms with Crippen LogP contribution in [0.1, 0.15) is 23.3 Å². The van der Waals surface area contributed by atoms with Crippen LogP contribution in [-0.2, 0) is 17.6 Å². The highest BCUT2D eigenvalue weighted by atomic mass is 32.2. The summed E-state index contributed by atoms with van der Waals surface area (Å²) < 4.78 is 0. The molecule has 17 heavy (non-hydrogen) atoms. The molecule has 3 nitrogen and oxygen atoms in total. The van der Waals surface area contributed by atoms with Crippen molar-refractivity contribution in [3.63, 3.8) is 0 Å². The summed E-state index contributed by atoms with van der Waals surface area (Å²) in [7, 11) is 0. The van der Waals surface area contributed by atoms with Gasteiger partial charge in [-0.3, -0.25) is 0 Å². The van der Waals surface area contributed by atoms with Crippen molar-refractivity contribution in [1.82, 2.24) is 9.97 Å². The van der Waals surface area contributed by atoms with Gasteiger partial charge in [0.2, 0.25) is 0 Å². The number of carbonyl (C=O) groups excluding carboxylic acids is 1.